The highest BCUT2D eigenvalue weighted by Gasteiger charge is 2.23. The zero-order valence-electron chi connectivity index (χ0n) is 15.5. The molecule has 2 aromatic heterocycles. The van der Waals surface area contributed by atoms with Crippen molar-refractivity contribution in [3.63, 3.8) is 0 Å². The van der Waals surface area contributed by atoms with Crippen LogP contribution in [-0.2, 0) is 10.2 Å². The molecule has 0 spiro atoms. The molecule has 0 saturated heterocycles. The Bertz CT molecular complexity index is 900. The first-order valence-electron chi connectivity index (χ1n) is 8.48. The van der Waals surface area contributed by atoms with Crippen molar-refractivity contribution < 1.29 is 4.79 Å². The molecule has 0 radical (unpaired) electrons. The number of nitrogens with zero attached hydrogens (tertiary/aromatic N) is 4. The zero-order valence-corrected chi connectivity index (χ0v) is 15.5. The first-order chi connectivity index (χ1) is 12.4. The minimum Gasteiger partial charge on any atom is -0.282 e. The second-order valence-electron chi connectivity index (χ2n) is 7.19. The molecule has 0 aliphatic carbocycles. The third kappa shape index (κ3) is 3.61. The molecule has 132 valence electrons. The van der Waals surface area contributed by atoms with Gasteiger partial charge in [0.2, 0.25) is 6.41 Å². The Balaban J connectivity index is 2.18. The Morgan fingerprint density at radius 3 is 2.31 bits per heavy atom. The predicted octanol–water partition coefficient (Wildman–Crippen LogP) is 4.44. The van der Waals surface area contributed by atoms with E-state index in [1.165, 1.54) is 0 Å². The number of pyridine rings is 1. The molecule has 0 unspecified atom stereocenters. The first-order valence-corrected chi connectivity index (χ1v) is 8.48. The van der Waals surface area contributed by atoms with Crippen molar-refractivity contribution in [2.24, 2.45) is 0 Å². The number of aromatic nitrogens is 3. The van der Waals surface area contributed by atoms with E-state index < -0.39 is 0 Å². The van der Waals surface area contributed by atoms with Gasteiger partial charge in [0, 0.05) is 24.2 Å². The summed E-state index contributed by atoms with van der Waals surface area (Å²) < 4.78 is 0. The van der Waals surface area contributed by atoms with Crippen LogP contribution in [-0.4, -0.2) is 21.4 Å². The van der Waals surface area contributed by atoms with Gasteiger partial charge in [0.15, 0.2) is 0 Å². The van der Waals surface area contributed by atoms with Gasteiger partial charge >= 0.3 is 0 Å². The summed E-state index contributed by atoms with van der Waals surface area (Å²) in [5.41, 5.74) is 4.38. The zero-order chi connectivity index (χ0) is 18.7. The van der Waals surface area contributed by atoms with E-state index in [9.17, 15) is 4.79 Å². The molecule has 0 saturated carbocycles. The second-order valence-corrected chi connectivity index (χ2v) is 7.19. The number of hydrogen-bond donors (Lipinski definition) is 0. The van der Waals surface area contributed by atoms with Crippen molar-refractivity contribution in [2.45, 2.75) is 33.1 Å². The summed E-state index contributed by atoms with van der Waals surface area (Å²) in [6, 6.07) is 9.81. The lowest BCUT2D eigenvalue weighted by atomic mass is 9.84. The van der Waals surface area contributed by atoms with Crippen molar-refractivity contribution in [3.05, 3.63) is 66.5 Å². The molecule has 0 fully saturated rings. The van der Waals surface area contributed by atoms with Crippen molar-refractivity contribution in [2.75, 3.05) is 4.90 Å². The van der Waals surface area contributed by atoms with E-state index >= 15 is 0 Å². The van der Waals surface area contributed by atoms with E-state index in [1.807, 2.05) is 31.2 Å². The summed E-state index contributed by atoms with van der Waals surface area (Å²) in [5.74, 6) is 0.727. The standard InChI is InChI=1S/C21H22N4O/c1-15-23-11-17(12-24-15)16-7-8-19(21(2,3)4)20(10-16)25(14-26)18-6-5-9-22-13-18/h5-14H,1-4H3. The molecule has 1 aromatic carbocycles. The number of carbonyl (C=O) groups is 1. The van der Waals surface area contributed by atoms with Gasteiger partial charge in [-0.2, -0.15) is 0 Å². The van der Waals surface area contributed by atoms with Gasteiger partial charge < -0.3 is 0 Å². The van der Waals surface area contributed by atoms with Crippen LogP contribution in [0.5, 0.6) is 0 Å². The summed E-state index contributed by atoms with van der Waals surface area (Å²) >= 11 is 0. The van der Waals surface area contributed by atoms with Crippen LogP contribution in [0.1, 0.15) is 32.2 Å². The Morgan fingerprint density at radius 2 is 1.73 bits per heavy atom. The van der Waals surface area contributed by atoms with E-state index in [1.54, 1.807) is 29.7 Å². The van der Waals surface area contributed by atoms with Crippen LogP contribution in [0.15, 0.2) is 55.1 Å². The number of anilines is 2. The normalized spacial score (nSPS) is 11.2. The third-order valence-corrected chi connectivity index (χ3v) is 4.21. The molecule has 5 heteroatoms. The van der Waals surface area contributed by atoms with Gasteiger partial charge in [0.1, 0.15) is 5.82 Å². The fourth-order valence-electron chi connectivity index (χ4n) is 2.84. The van der Waals surface area contributed by atoms with Gasteiger partial charge in [-0.05, 0) is 41.7 Å². The van der Waals surface area contributed by atoms with Crippen LogP contribution < -0.4 is 4.90 Å². The number of rotatable bonds is 4. The molecule has 0 N–H and O–H groups in total. The number of amides is 1. The lowest BCUT2D eigenvalue weighted by Crippen LogP contribution is -2.21. The van der Waals surface area contributed by atoms with Crippen LogP contribution in [0.4, 0.5) is 11.4 Å². The maximum atomic E-state index is 12.0. The first kappa shape index (κ1) is 17.7. The summed E-state index contributed by atoms with van der Waals surface area (Å²) in [5, 5.41) is 0. The number of carbonyl (C=O) groups excluding carboxylic acids is 1. The van der Waals surface area contributed by atoms with Gasteiger partial charge in [-0.15, -0.1) is 0 Å². The average molecular weight is 346 g/mol. The Morgan fingerprint density at radius 1 is 1.00 bits per heavy atom. The maximum Gasteiger partial charge on any atom is 0.218 e. The molecular formula is C21H22N4O. The number of aryl methyl sites for hydroxylation is 1. The fourth-order valence-corrected chi connectivity index (χ4v) is 2.84. The van der Waals surface area contributed by atoms with Crippen LogP contribution in [0.3, 0.4) is 0 Å². The minimum absolute atomic E-state index is 0.124. The molecule has 0 atom stereocenters. The Labute approximate surface area is 153 Å². The molecule has 0 aliphatic rings. The topological polar surface area (TPSA) is 59.0 Å². The highest BCUT2D eigenvalue weighted by Crippen LogP contribution is 2.37. The molecule has 5 nitrogen and oxygen atoms in total. The molecule has 1 amide bonds. The fraction of sp³-hybridized carbons (Fsp3) is 0.238. The summed E-state index contributed by atoms with van der Waals surface area (Å²) in [6.45, 7) is 8.25. The van der Waals surface area contributed by atoms with Crippen LogP contribution in [0, 0.1) is 6.92 Å². The van der Waals surface area contributed by atoms with E-state index in [2.05, 4.69) is 41.8 Å². The largest absolute Gasteiger partial charge is 0.282 e. The minimum atomic E-state index is -0.124. The lowest BCUT2D eigenvalue weighted by molar-refractivity contribution is -0.106. The second kappa shape index (κ2) is 7.04. The Hall–Kier alpha value is -3.08. The number of hydrogen-bond acceptors (Lipinski definition) is 4. The highest BCUT2D eigenvalue weighted by atomic mass is 16.1. The van der Waals surface area contributed by atoms with Crippen molar-refractivity contribution in [1.29, 1.82) is 0 Å². The van der Waals surface area contributed by atoms with Crippen LogP contribution in [0.25, 0.3) is 11.1 Å². The van der Waals surface area contributed by atoms with Gasteiger partial charge in [0.05, 0.1) is 17.6 Å². The SMILES string of the molecule is Cc1ncc(-c2ccc(C(C)(C)C)c(N(C=O)c3cccnc3)c2)cn1. The van der Waals surface area contributed by atoms with Crippen molar-refractivity contribution in [1.82, 2.24) is 15.0 Å². The summed E-state index contributed by atoms with van der Waals surface area (Å²) in [4.78, 5) is 26.3. The molecule has 0 aliphatic heterocycles. The average Bonchev–Trinajstić information content (AvgIpc) is 2.63. The van der Waals surface area contributed by atoms with Crippen LogP contribution >= 0.6 is 0 Å². The van der Waals surface area contributed by atoms with E-state index in [0.717, 1.165) is 40.3 Å². The lowest BCUT2D eigenvalue weighted by Gasteiger charge is -2.28. The summed E-state index contributed by atoms with van der Waals surface area (Å²) in [7, 11) is 0. The number of benzene rings is 1. The van der Waals surface area contributed by atoms with Crippen LogP contribution in [0.2, 0.25) is 0 Å². The molecule has 0 bridgehead atoms. The smallest absolute Gasteiger partial charge is 0.218 e. The van der Waals surface area contributed by atoms with E-state index in [4.69, 9.17) is 0 Å². The van der Waals surface area contributed by atoms with Crippen molar-refractivity contribution >= 4 is 17.8 Å². The monoisotopic (exact) mass is 346 g/mol. The van der Waals surface area contributed by atoms with Gasteiger partial charge in [-0.1, -0.05) is 32.9 Å². The van der Waals surface area contributed by atoms with E-state index in [-0.39, 0.29) is 5.41 Å². The quantitative estimate of drug-likeness (QED) is 0.655. The third-order valence-electron chi connectivity index (χ3n) is 4.21. The maximum absolute atomic E-state index is 12.0. The molecule has 3 aromatic rings. The summed E-state index contributed by atoms with van der Waals surface area (Å²) in [6.07, 6.45) is 7.80. The molecule has 2 heterocycles. The van der Waals surface area contributed by atoms with Crippen molar-refractivity contribution in [3.8, 4) is 11.1 Å². The van der Waals surface area contributed by atoms with Gasteiger partial charge in [-0.25, -0.2) is 9.97 Å². The van der Waals surface area contributed by atoms with Gasteiger partial charge in [0.25, 0.3) is 0 Å². The van der Waals surface area contributed by atoms with E-state index in [0.29, 0.717) is 0 Å². The Kier molecular flexibility index (Phi) is 4.80. The van der Waals surface area contributed by atoms with Gasteiger partial charge in [-0.3, -0.25) is 14.7 Å². The predicted molar refractivity (Wildman–Crippen MR) is 103 cm³/mol. The highest BCUT2D eigenvalue weighted by molar-refractivity contribution is 5.89. The molecule has 26 heavy (non-hydrogen) atoms. The molecular weight excluding hydrogens is 324 g/mol. The molecule has 3 rings (SSSR count).